The summed E-state index contributed by atoms with van der Waals surface area (Å²) in [7, 11) is -1.12. The van der Waals surface area contributed by atoms with Gasteiger partial charge >= 0.3 is 0 Å². The van der Waals surface area contributed by atoms with Crippen molar-refractivity contribution in [3.63, 3.8) is 0 Å². The molecule has 30 heavy (non-hydrogen) atoms. The molecule has 2 aromatic heterocycles. The van der Waals surface area contributed by atoms with E-state index in [1.54, 1.807) is 0 Å². The predicted octanol–water partition coefficient (Wildman–Crippen LogP) is 4.43. The molecule has 7 heteroatoms. The van der Waals surface area contributed by atoms with Crippen molar-refractivity contribution in [2.75, 3.05) is 43.5 Å². The molecule has 0 spiro atoms. The van der Waals surface area contributed by atoms with Crippen molar-refractivity contribution >= 4 is 30.5 Å². The summed E-state index contributed by atoms with van der Waals surface area (Å²) in [5.41, 5.74) is 10.1. The smallest absolute Gasteiger partial charge is 0.138 e. The van der Waals surface area contributed by atoms with Crippen molar-refractivity contribution in [3.8, 4) is 11.3 Å². The number of rotatable bonds is 7. The number of pyridine rings is 1. The van der Waals surface area contributed by atoms with Gasteiger partial charge in [-0.2, -0.15) is 0 Å². The molecule has 0 amide bonds. The maximum absolute atomic E-state index is 6.15. The molecule has 0 aliphatic carbocycles. The molecule has 1 fully saturated rings. The van der Waals surface area contributed by atoms with Crippen molar-refractivity contribution < 1.29 is 9.47 Å². The Bertz CT molecular complexity index is 989. The van der Waals surface area contributed by atoms with Crippen LogP contribution in [-0.4, -0.2) is 50.5 Å². The highest BCUT2D eigenvalue weighted by Crippen LogP contribution is 2.33. The first-order chi connectivity index (χ1) is 14.4. The SMILES string of the molecule is C[Si](C)(C)CCOCn1c(-c2ccc(N)cc2)cc2c(N3CCOCC3)nccc21. The summed E-state index contributed by atoms with van der Waals surface area (Å²) < 4.78 is 13.9. The molecule has 1 aromatic carbocycles. The highest BCUT2D eigenvalue weighted by Gasteiger charge is 2.20. The quantitative estimate of drug-likeness (QED) is 0.345. The lowest BCUT2D eigenvalue weighted by Crippen LogP contribution is -2.36. The summed E-state index contributed by atoms with van der Waals surface area (Å²) in [4.78, 5) is 7.04. The van der Waals surface area contributed by atoms with Crippen molar-refractivity contribution in [2.24, 2.45) is 0 Å². The minimum Gasteiger partial charge on any atom is -0.399 e. The van der Waals surface area contributed by atoms with Crippen LogP contribution in [0.1, 0.15) is 0 Å². The molecular formula is C23H32N4O2Si. The zero-order valence-electron chi connectivity index (χ0n) is 18.2. The Morgan fingerprint density at radius 2 is 1.83 bits per heavy atom. The van der Waals surface area contributed by atoms with E-state index in [9.17, 15) is 0 Å². The first-order valence-electron chi connectivity index (χ1n) is 10.7. The van der Waals surface area contributed by atoms with Gasteiger partial charge in [-0.3, -0.25) is 0 Å². The molecule has 1 aliphatic rings. The van der Waals surface area contributed by atoms with Gasteiger partial charge in [-0.05, 0) is 35.9 Å². The van der Waals surface area contributed by atoms with E-state index in [-0.39, 0.29) is 0 Å². The second-order valence-corrected chi connectivity index (χ2v) is 14.7. The standard InChI is InChI=1S/C23H32N4O2Si/c1-30(2,3)15-14-29-17-27-21-8-9-25-23(26-10-12-28-13-11-26)20(21)16-22(27)18-4-6-19(24)7-5-18/h4-9,16H,10-15,17,24H2,1-3H3. The first kappa shape index (κ1) is 20.9. The zero-order chi connectivity index (χ0) is 21.1. The Labute approximate surface area is 179 Å². The van der Waals surface area contributed by atoms with Crippen molar-refractivity contribution in [1.29, 1.82) is 0 Å². The highest BCUT2D eigenvalue weighted by molar-refractivity contribution is 6.76. The van der Waals surface area contributed by atoms with E-state index in [0.717, 1.165) is 72.6 Å². The molecule has 1 saturated heterocycles. The van der Waals surface area contributed by atoms with Gasteiger partial charge in [0.25, 0.3) is 0 Å². The maximum Gasteiger partial charge on any atom is 0.138 e. The molecule has 0 saturated carbocycles. The number of nitrogens with zero attached hydrogens (tertiary/aromatic N) is 3. The topological polar surface area (TPSA) is 65.5 Å². The normalized spacial score (nSPS) is 15.1. The van der Waals surface area contributed by atoms with Gasteiger partial charge in [0, 0.05) is 45.0 Å². The Morgan fingerprint density at radius 3 is 2.53 bits per heavy atom. The number of nitrogen functional groups attached to an aromatic ring is 1. The lowest BCUT2D eigenvalue weighted by atomic mass is 10.1. The molecule has 0 radical (unpaired) electrons. The lowest BCUT2D eigenvalue weighted by molar-refractivity contribution is 0.0912. The summed E-state index contributed by atoms with van der Waals surface area (Å²) in [5.74, 6) is 1.02. The molecule has 2 N–H and O–H groups in total. The number of morpholine rings is 1. The highest BCUT2D eigenvalue weighted by atomic mass is 28.3. The van der Waals surface area contributed by atoms with Gasteiger partial charge in [0.2, 0.25) is 0 Å². The van der Waals surface area contributed by atoms with Crippen LogP contribution in [-0.2, 0) is 16.2 Å². The van der Waals surface area contributed by atoms with E-state index in [2.05, 4.69) is 53.4 Å². The van der Waals surface area contributed by atoms with Crippen LogP contribution >= 0.6 is 0 Å². The number of ether oxygens (including phenoxy) is 2. The van der Waals surface area contributed by atoms with Gasteiger partial charge < -0.3 is 24.7 Å². The van der Waals surface area contributed by atoms with Gasteiger partial charge in [-0.15, -0.1) is 0 Å². The Balaban J connectivity index is 1.72. The zero-order valence-corrected chi connectivity index (χ0v) is 19.2. The Kier molecular flexibility index (Phi) is 6.13. The summed E-state index contributed by atoms with van der Waals surface area (Å²) in [6, 6.07) is 13.5. The van der Waals surface area contributed by atoms with Crippen LogP contribution in [0, 0.1) is 0 Å². The largest absolute Gasteiger partial charge is 0.399 e. The van der Waals surface area contributed by atoms with Gasteiger partial charge in [0.1, 0.15) is 12.5 Å². The number of benzene rings is 1. The predicted molar refractivity (Wildman–Crippen MR) is 127 cm³/mol. The van der Waals surface area contributed by atoms with Gasteiger partial charge in [-0.1, -0.05) is 31.8 Å². The van der Waals surface area contributed by atoms with Crippen LogP contribution in [0.25, 0.3) is 22.2 Å². The minimum atomic E-state index is -1.12. The number of fused-ring (bicyclic) bond motifs is 1. The molecule has 0 bridgehead atoms. The number of aromatic nitrogens is 2. The summed E-state index contributed by atoms with van der Waals surface area (Å²) in [6.45, 7) is 11.7. The summed E-state index contributed by atoms with van der Waals surface area (Å²) in [5, 5.41) is 1.15. The summed E-state index contributed by atoms with van der Waals surface area (Å²) in [6.07, 6.45) is 1.90. The Morgan fingerprint density at radius 1 is 1.10 bits per heavy atom. The average Bonchev–Trinajstić information content (AvgIpc) is 3.10. The van der Waals surface area contributed by atoms with Crippen LogP contribution in [0.5, 0.6) is 0 Å². The maximum atomic E-state index is 6.15. The van der Waals surface area contributed by atoms with E-state index in [0.29, 0.717) is 6.73 Å². The molecule has 1 aliphatic heterocycles. The fraction of sp³-hybridized carbons (Fsp3) is 0.435. The molecule has 0 unspecified atom stereocenters. The summed E-state index contributed by atoms with van der Waals surface area (Å²) >= 11 is 0. The fourth-order valence-corrected chi connectivity index (χ4v) is 4.52. The van der Waals surface area contributed by atoms with Gasteiger partial charge in [0.05, 0.1) is 24.4 Å². The van der Waals surface area contributed by atoms with Crippen LogP contribution < -0.4 is 10.6 Å². The van der Waals surface area contributed by atoms with Gasteiger partial charge in [-0.25, -0.2) is 4.98 Å². The van der Waals surface area contributed by atoms with Crippen LogP contribution in [0.4, 0.5) is 11.5 Å². The van der Waals surface area contributed by atoms with Crippen molar-refractivity contribution in [1.82, 2.24) is 9.55 Å². The third kappa shape index (κ3) is 4.69. The Hall–Kier alpha value is -2.35. The monoisotopic (exact) mass is 424 g/mol. The number of anilines is 2. The van der Waals surface area contributed by atoms with Crippen molar-refractivity contribution in [3.05, 3.63) is 42.6 Å². The van der Waals surface area contributed by atoms with E-state index < -0.39 is 8.07 Å². The number of hydrogen-bond donors (Lipinski definition) is 1. The van der Waals surface area contributed by atoms with Crippen LogP contribution in [0.15, 0.2) is 42.6 Å². The molecule has 3 aromatic rings. The molecule has 3 heterocycles. The molecule has 0 atom stereocenters. The third-order valence-corrected chi connectivity index (χ3v) is 7.25. The average molecular weight is 425 g/mol. The van der Waals surface area contributed by atoms with Crippen molar-refractivity contribution in [2.45, 2.75) is 32.4 Å². The fourth-order valence-electron chi connectivity index (χ4n) is 3.76. The molecule has 160 valence electrons. The molecule has 6 nitrogen and oxygen atoms in total. The lowest BCUT2D eigenvalue weighted by Gasteiger charge is -2.28. The van der Waals surface area contributed by atoms with E-state index in [4.69, 9.17) is 20.2 Å². The second-order valence-electron chi connectivity index (χ2n) is 9.09. The van der Waals surface area contributed by atoms with E-state index in [1.165, 1.54) is 0 Å². The second kappa shape index (κ2) is 8.79. The van der Waals surface area contributed by atoms with E-state index in [1.807, 2.05) is 18.3 Å². The molecule has 4 rings (SSSR count). The molecular weight excluding hydrogens is 392 g/mol. The third-order valence-electron chi connectivity index (χ3n) is 5.54. The minimum absolute atomic E-state index is 0.528. The van der Waals surface area contributed by atoms with E-state index >= 15 is 0 Å². The number of hydrogen-bond acceptors (Lipinski definition) is 5. The van der Waals surface area contributed by atoms with Crippen LogP contribution in [0.3, 0.4) is 0 Å². The first-order valence-corrected chi connectivity index (χ1v) is 14.4. The van der Waals surface area contributed by atoms with Crippen LogP contribution in [0.2, 0.25) is 25.7 Å². The van der Waals surface area contributed by atoms with Gasteiger partial charge in [0.15, 0.2) is 0 Å². The number of nitrogens with two attached hydrogens (primary N) is 1.